The molecule has 0 saturated carbocycles. The molecule has 0 unspecified atom stereocenters. The lowest BCUT2D eigenvalue weighted by molar-refractivity contribution is 0.228. The van der Waals surface area contributed by atoms with E-state index >= 15 is 0 Å². The predicted octanol–water partition coefficient (Wildman–Crippen LogP) is 4.58. The van der Waals surface area contributed by atoms with Gasteiger partial charge in [-0.05, 0) is 30.7 Å². The van der Waals surface area contributed by atoms with Gasteiger partial charge in [0.2, 0.25) is 0 Å². The first-order valence-corrected chi connectivity index (χ1v) is 9.83. The Morgan fingerprint density at radius 3 is 1.75 bits per heavy atom. The standard InChI is InChI=1S/C18H31O5P/c1-9-22-24(21,23-10-2)16-13(19)11-12(17(3,4)5)15(20)14(16)18(6,7)8/h11,19-20H,9-10H2,1-8H3. The first kappa shape index (κ1) is 21.0. The highest BCUT2D eigenvalue weighted by molar-refractivity contribution is 7.62. The maximum atomic E-state index is 13.3. The Hall–Kier alpha value is -1.03. The van der Waals surface area contributed by atoms with Gasteiger partial charge in [-0.2, -0.15) is 0 Å². The van der Waals surface area contributed by atoms with Crippen LogP contribution in [0.1, 0.15) is 66.5 Å². The Kier molecular flexibility index (Phi) is 6.19. The Balaban J connectivity index is 3.92. The van der Waals surface area contributed by atoms with Crippen LogP contribution in [0.25, 0.3) is 0 Å². The van der Waals surface area contributed by atoms with Crippen LogP contribution in [-0.2, 0) is 24.4 Å². The zero-order valence-electron chi connectivity index (χ0n) is 16.1. The van der Waals surface area contributed by atoms with E-state index in [-0.39, 0.29) is 35.4 Å². The summed E-state index contributed by atoms with van der Waals surface area (Å²) in [7, 11) is -3.75. The number of aromatic hydroxyl groups is 2. The highest BCUT2D eigenvalue weighted by Gasteiger charge is 2.40. The van der Waals surface area contributed by atoms with Gasteiger partial charge in [0, 0.05) is 11.1 Å². The smallest absolute Gasteiger partial charge is 0.365 e. The van der Waals surface area contributed by atoms with Crippen molar-refractivity contribution in [2.45, 2.75) is 66.2 Å². The molecule has 1 aromatic rings. The molecule has 2 N–H and O–H groups in total. The minimum Gasteiger partial charge on any atom is -0.507 e. The lowest BCUT2D eigenvalue weighted by Gasteiger charge is -2.32. The fourth-order valence-corrected chi connectivity index (χ4v) is 4.79. The topological polar surface area (TPSA) is 76.0 Å². The van der Waals surface area contributed by atoms with Crippen LogP contribution in [0, 0.1) is 0 Å². The van der Waals surface area contributed by atoms with Crippen molar-refractivity contribution in [1.29, 1.82) is 0 Å². The largest absolute Gasteiger partial charge is 0.507 e. The fourth-order valence-electron chi connectivity index (χ4n) is 2.71. The van der Waals surface area contributed by atoms with Crippen molar-refractivity contribution < 1.29 is 23.8 Å². The maximum Gasteiger partial charge on any atom is 0.365 e. The van der Waals surface area contributed by atoms with Gasteiger partial charge in [0.25, 0.3) is 0 Å². The molecule has 0 aromatic heterocycles. The minimum absolute atomic E-state index is 0.0300. The van der Waals surface area contributed by atoms with Crippen LogP contribution in [0.2, 0.25) is 0 Å². The average molecular weight is 358 g/mol. The van der Waals surface area contributed by atoms with Crippen molar-refractivity contribution in [2.24, 2.45) is 0 Å². The summed E-state index contributed by atoms with van der Waals surface area (Å²) < 4.78 is 24.1. The lowest BCUT2D eigenvalue weighted by Crippen LogP contribution is -2.27. The number of phenolic OH excluding ortho intramolecular Hbond substituents is 2. The summed E-state index contributed by atoms with van der Waals surface area (Å²) in [6.07, 6.45) is 0. The van der Waals surface area contributed by atoms with Crippen LogP contribution in [0.5, 0.6) is 11.5 Å². The van der Waals surface area contributed by atoms with Crippen LogP contribution in [-0.4, -0.2) is 23.4 Å². The molecule has 138 valence electrons. The molecule has 6 heteroatoms. The molecular weight excluding hydrogens is 327 g/mol. The van der Waals surface area contributed by atoms with Crippen molar-refractivity contribution in [3.63, 3.8) is 0 Å². The zero-order valence-corrected chi connectivity index (χ0v) is 17.0. The van der Waals surface area contributed by atoms with Crippen molar-refractivity contribution >= 4 is 12.9 Å². The van der Waals surface area contributed by atoms with E-state index in [4.69, 9.17) is 9.05 Å². The second kappa shape index (κ2) is 7.07. The molecule has 1 aromatic carbocycles. The molecule has 0 aliphatic rings. The van der Waals surface area contributed by atoms with Crippen molar-refractivity contribution in [2.75, 3.05) is 13.2 Å². The van der Waals surface area contributed by atoms with E-state index in [1.165, 1.54) is 6.07 Å². The van der Waals surface area contributed by atoms with Crippen LogP contribution in [0.4, 0.5) is 0 Å². The third kappa shape index (κ3) is 4.14. The Morgan fingerprint density at radius 1 is 0.958 bits per heavy atom. The molecule has 0 aliphatic heterocycles. The Labute approximate surface area is 145 Å². The average Bonchev–Trinajstić information content (AvgIpc) is 2.38. The molecule has 0 fully saturated rings. The van der Waals surface area contributed by atoms with Gasteiger partial charge in [-0.25, -0.2) is 0 Å². The predicted molar refractivity (Wildman–Crippen MR) is 97.7 cm³/mol. The van der Waals surface area contributed by atoms with E-state index in [9.17, 15) is 14.8 Å². The van der Waals surface area contributed by atoms with Gasteiger partial charge in [-0.3, -0.25) is 4.57 Å². The number of phenols is 2. The van der Waals surface area contributed by atoms with Crippen molar-refractivity contribution in [1.82, 2.24) is 0 Å². The van der Waals surface area contributed by atoms with E-state index in [1.807, 2.05) is 41.5 Å². The van der Waals surface area contributed by atoms with Crippen LogP contribution >= 0.6 is 7.60 Å². The Morgan fingerprint density at radius 2 is 1.42 bits per heavy atom. The number of hydrogen-bond acceptors (Lipinski definition) is 5. The summed E-state index contributed by atoms with van der Waals surface area (Å²) in [5, 5.41) is 21.7. The summed E-state index contributed by atoms with van der Waals surface area (Å²) in [6.45, 7) is 15.3. The van der Waals surface area contributed by atoms with Gasteiger partial charge in [0.15, 0.2) is 0 Å². The zero-order chi connectivity index (χ0) is 18.9. The van der Waals surface area contributed by atoms with Crippen LogP contribution in [0.3, 0.4) is 0 Å². The molecule has 0 atom stereocenters. The number of benzene rings is 1. The van der Waals surface area contributed by atoms with E-state index < -0.39 is 13.0 Å². The first-order valence-electron chi connectivity index (χ1n) is 8.29. The first-order chi connectivity index (χ1) is 10.8. The second-order valence-electron chi connectivity index (χ2n) is 7.85. The molecule has 0 amide bonds. The summed E-state index contributed by atoms with van der Waals surface area (Å²) in [5.41, 5.74) is 0.0365. The summed E-state index contributed by atoms with van der Waals surface area (Å²) in [4.78, 5) is 0. The van der Waals surface area contributed by atoms with Gasteiger partial charge < -0.3 is 19.3 Å². The van der Waals surface area contributed by atoms with E-state index in [0.29, 0.717) is 11.1 Å². The number of rotatable bonds is 5. The lowest BCUT2D eigenvalue weighted by atomic mass is 9.79. The summed E-state index contributed by atoms with van der Waals surface area (Å²) >= 11 is 0. The third-order valence-corrected chi connectivity index (χ3v) is 5.88. The summed E-state index contributed by atoms with van der Waals surface area (Å²) in [5.74, 6) is -0.143. The molecule has 0 radical (unpaired) electrons. The molecule has 0 bridgehead atoms. The van der Waals surface area contributed by atoms with Gasteiger partial charge in [-0.1, -0.05) is 41.5 Å². The molecule has 0 spiro atoms. The van der Waals surface area contributed by atoms with Gasteiger partial charge in [0.1, 0.15) is 16.8 Å². The number of hydrogen-bond donors (Lipinski definition) is 2. The van der Waals surface area contributed by atoms with E-state index in [0.717, 1.165) is 0 Å². The SMILES string of the molecule is CCOP(=O)(OCC)c1c(O)cc(C(C)(C)C)c(O)c1C(C)(C)C. The normalized spacial score (nSPS) is 13.3. The van der Waals surface area contributed by atoms with Crippen molar-refractivity contribution in [3.05, 3.63) is 17.2 Å². The van der Waals surface area contributed by atoms with Gasteiger partial charge >= 0.3 is 7.60 Å². The monoisotopic (exact) mass is 358 g/mol. The minimum atomic E-state index is -3.75. The van der Waals surface area contributed by atoms with E-state index in [1.54, 1.807) is 13.8 Å². The third-order valence-electron chi connectivity index (χ3n) is 3.68. The molecule has 1 rings (SSSR count). The molecule has 0 aliphatic carbocycles. The fraction of sp³-hybridized carbons (Fsp3) is 0.667. The maximum absolute atomic E-state index is 13.3. The Bertz CT molecular complexity index is 628. The molecule has 24 heavy (non-hydrogen) atoms. The second-order valence-corrected chi connectivity index (χ2v) is 9.81. The van der Waals surface area contributed by atoms with E-state index in [2.05, 4.69) is 0 Å². The van der Waals surface area contributed by atoms with Crippen molar-refractivity contribution in [3.8, 4) is 11.5 Å². The molecule has 5 nitrogen and oxygen atoms in total. The van der Waals surface area contributed by atoms with Gasteiger partial charge in [0.05, 0.1) is 13.2 Å². The summed E-state index contributed by atoms with van der Waals surface area (Å²) in [6, 6.07) is 1.46. The molecular formula is C18H31O5P. The van der Waals surface area contributed by atoms with Crippen LogP contribution in [0.15, 0.2) is 6.07 Å². The molecule has 0 saturated heterocycles. The highest BCUT2D eigenvalue weighted by Crippen LogP contribution is 2.54. The van der Waals surface area contributed by atoms with Crippen LogP contribution < -0.4 is 5.30 Å². The quantitative estimate of drug-likeness (QED) is 0.595. The molecule has 0 heterocycles. The van der Waals surface area contributed by atoms with Gasteiger partial charge in [-0.15, -0.1) is 0 Å². The highest BCUT2D eigenvalue weighted by atomic mass is 31.2.